The van der Waals surface area contributed by atoms with Gasteiger partial charge < -0.3 is 14.9 Å². The van der Waals surface area contributed by atoms with Gasteiger partial charge >= 0.3 is 5.97 Å². The van der Waals surface area contributed by atoms with E-state index < -0.39 is 17.8 Å². The topological polar surface area (TPSA) is 78.8 Å². The van der Waals surface area contributed by atoms with Gasteiger partial charge in [-0.05, 0) is 17.7 Å². The number of ether oxygens (including phenoxy) is 1. The van der Waals surface area contributed by atoms with Crippen molar-refractivity contribution in [2.75, 3.05) is 26.4 Å². The summed E-state index contributed by atoms with van der Waals surface area (Å²) >= 11 is 0. The number of carboxylic acid groups (broad SMARTS) is 1. The molecule has 3 N–H and O–H groups in total. The van der Waals surface area contributed by atoms with Crippen molar-refractivity contribution in [1.82, 2.24) is 5.32 Å². The molecule has 1 aromatic rings. The highest BCUT2D eigenvalue weighted by atomic mass is 19.1. The van der Waals surface area contributed by atoms with Crippen LogP contribution in [-0.2, 0) is 9.53 Å². The molecule has 1 atom stereocenters. The summed E-state index contributed by atoms with van der Waals surface area (Å²) in [5.74, 6) is -1.45. The van der Waals surface area contributed by atoms with Gasteiger partial charge in [-0.2, -0.15) is 0 Å². The molecule has 0 heterocycles. The van der Waals surface area contributed by atoms with Crippen molar-refractivity contribution in [3.8, 4) is 0 Å². The second-order valence-electron chi connectivity index (χ2n) is 3.61. The molecule has 0 aromatic heterocycles. The van der Waals surface area contributed by atoms with E-state index in [0.29, 0.717) is 18.7 Å². The largest absolute Gasteiger partial charge is 0.480 e. The number of carbonyl (C=O) groups is 1. The molecule has 100 valence electrons. The molecule has 0 bridgehead atoms. The zero-order valence-corrected chi connectivity index (χ0v) is 9.80. The van der Waals surface area contributed by atoms with Crippen LogP contribution in [0.3, 0.4) is 0 Å². The third kappa shape index (κ3) is 4.79. The lowest BCUT2D eigenvalue weighted by Gasteiger charge is -2.14. The van der Waals surface area contributed by atoms with Gasteiger partial charge in [0.1, 0.15) is 11.9 Å². The van der Waals surface area contributed by atoms with Crippen LogP contribution in [0.4, 0.5) is 4.39 Å². The molecule has 0 aliphatic rings. The van der Waals surface area contributed by atoms with Crippen LogP contribution in [0.2, 0.25) is 0 Å². The molecule has 18 heavy (non-hydrogen) atoms. The van der Waals surface area contributed by atoms with E-state index in [1.54, 1.807) is 0 Å². The highest BCUT2D eigenvalue weighted by molar-refractivity contribution is 5.75. The van der Waals surface area contributed by atoms with Crippen molar-refractivity contribution in [2.24, 2.45) is 0 Å². The monoisotopic (exact) mass is 257 g/mol. The predicted octanol–water partition coefficient (Wildman–Crippen LogP) is 0.550. The molecule has 5 nitrogen and oxygen atoms in total. The van der Waals surface area contributed by atoms with Crippen molar-refractivity contribution in [3.63, 3.8) is 0 Å². The minimum atomic E-state index is -1.04. The van der Waals surface area contributed by atoms with Gasteiger partial charge in [0.05, 0.1) is 19.8 Å². The molecule has 0 aliphatic heterocycles. The molecule has 0 radical (unpaired) electrons. The molecule has 0 amide bonds. The predicted molar refractivity (Wildman–Crippen MR) is 62.7 cm³/mol. The number of hydrogen-bond donors (Lipinski definition) is 3. The first-order valence-electron chi connectivity index (χ1n) is 5.55. The van der Waals surface area contributed by atoms with Gasteiger partial charge in [0.25, 0.3) is 0 Å². The van der Waals surface area contributed by atoms with Gasteiger partial charge in [-0.25, -0.2) is 4.39 Å². The minimum absolute atomic E-state index is 0.0691. The first-order chi connectivity index (χ1) is 8.65. The summed E-state index contributed by atoms with van der Waals surface area (Å²) in [5, 5.41) is 20.3. The number of aliphatic carboxylic acids is 1. The minimum Gasteiger partial charge on any atom is -0.480 e. The van der Waals surface area contributed by atoms with E-state index in [2.05, 4.69) is 5.32 Å². The maximum absolute atomic E-state index is 12.7. The van der Waals surface area contributed by atoms with Crippen LogP contribution >= 0.6 is 0 Å². The summed E-state index contributed by atoms with van der Waals surface area (Å²) in [6, 6.07) is 4.39. The Hall–Kier alpha value is -1.50. The maximum Gasteiger partial charge on any atom is 0.325 e. The normalized spacial score (nSPS) is 12.3. The quantitative estimate of drug-likeness (QED) is 0.593. The molecule has 0 saturated carbocycles. The Balaban J connectivity index is 2.50. The molecule has 0 fully saturated rings. The van der Waals surface area contributed by atoms with Crippen molar-refractivity contribution >= 4 is 5.97 Å². The van der Waals surface area contributed by atoms with E-state index in [1.165, 1.54) is 24.3 Å². The van der Waals surface area contributed by atoms with Gasteiger partial charge in [0.2, 0.25) is 0 Å². The zero-order valence-electron chi connectivity index (χ0n) is 9.80. The molecular weight excluding hydrogens is 241 g/mol. The highest BCUT2D eigenvalue weighted by Crippen LogP contribution is 2.13. The van der Waals surface area contributed by atoms with E-state index in [1.807, 2.05) is 0 Å². The Kier molecular flexibility index (Phi) is 6.27. The summed E-state index contributed by atoms with van der Waals surface area (Å²) in [7, 11) is 0. The first-order valence-corrected chi connectivity index (χ1v) is 5.55. The van der Waals surface area contributed by atoms with Crippen LogP contribution in [-0.4, -0.2) is 42.5 Å². The third-order valence-corrected chi connectivity index (χ3v) is 2.28. The summed E-state index contributed by atoms with van der Waals surface area (Å²) < 4.78 is 17.7. The summed E-state index contributed by atoms with van der Waals surface area (Å²) in [5.41, 5.74) is 0.478. The van der Waals surface area contributed by atoms with E-state index in [-0.39, 0.29) is 13.2 Å². The average molecular weight is 257 g/mol. The van der Waals surface area contributed by atoms with Gasteiger partial charge in [-0.15, -0.1) is 0 Å². The molecule has 0 aliphatic carbocycles. The maximum atomic E-state index is 12.7. The fourth-order valence-electron chi connectivity index (χ4n) is 1.45. The zero-order chi connectivity index (χ0) is 13.4. The molecule has 6 heteroatoms. The second-order valence-corrected chi connectivity index (χ2v) is 3.61. The van der Waals surface area contributed by atoms with Gasteiger partial charge in [-0.1, -0.05) is 12.1 Å². The molecule has 0 saturated heterocycles. The highest BCUT2D eigenvalue weighted by Gasteiger charge is 2.18. The molecule has 1 rings (SSSR count). The lowest BCUT2D eigenvalue weighted by atomic mass is 10.1. The van der Waals surface area contributed by atoms with Gasteiger partial charge in [0, 0.05) is 6.54 Å². The fraction of sp³-hybridized carbons (Fsp3) is 0.417. The second kappa shape index (κ2) is 7.75. The van der Waals surface area contributed by atoms with Gasteiger partial charge in [-0.3, -0.25) is 10.1 Å². The number of halogens is 1. The number of aliphatic hydroxyl groups excluding tert-OH is 1. The Morgan fingerprint density at radius 1 is 1.33 bits per heavy atom. The van der Waals surface area contributed by atoms with Crippen LogP contribution < -0.4 is 5.32 Å². The van der Waals surface area contributed by atoms with Crippen molar-refractivity contribution in [2.45, 2.75) is 6.04 Å². The Morgan fingerprint density at radius 2 is 2.00 bits per heavy atom. The number of rotatable bonds is 8. The number of nitrogens with one attached hydrogen (secondary N) is 1. The Labute approximate surface area is 104 Å². The van der Waals surface area contributed by atoms with Crippen LogP contribution in [0.25, 0.3) is 0 Å². The van der Waals surface area contributed by atoms with E-state index >= 15 is 0 Å². The van der Waals surface area contributed by atoms with Crippen LogP contribution in [0.5, 0.6) is 0 Å². The summed E-state index contributed by atoms with van der Waals surface area (Å²) in [4.78, 5) is 11.1. The lowest BCUT2D eigenvalue weighted by Crippen LogP contribution is -2.31. The SMILES string of the molecule is O=C(O)C(NCCOCCO)c1ccc(F)cc1. The van der Waals surface area contributed by atoms with Crippen LogP contribution in [0.1, 0.15) is 11.6 Å². The number of carboxylic acids is 1. The van der Waals surface area contributed by atoms with E-state index in [9.17, 15) is 9.18 Å². The molecule has 1 unspecified atom stereocenters. The number of benzene rings is 1. The smallest absolute Gasteiger partial charge is 0.325 e. The third-order valence-electron chi connectivity index (χ3n) is 2.28. The Bertz CT molecular complexity index is 369. The summed E-state index contributed by atoms with van der Waals surface area (Å²) in [6.07, 6.45) is 0. The van der Waals surface area contributed by atoms with Crippen molar-refractivity contribution in [1.29, 1.82) is 0 Å². The average Bonchev–Trinajstić information content (AvgIpc) is 2.35. The lowest BCUT2D eigenvalue weighted by molar-refractivity contribution is -0.139. The van der Waals surface area contributed by atoms with E-state index in [4.69, 9.17) is 14.9 Å². The first kappa shape index (κ1) is 14.6. The van der Waals surface area contributed by atoms with Crippen molar-refractivity contribution in [3.05, 3.63) is 35.6 Å². The van der Waals surface area contributed by atoms with Gasteiger partial charge in [0.15, 0.2) is 0 Å². The number of aliphatic hydroxyl groups is 1. The van der Waals surface area contributed by atoms with E-state index in [0.717, 1.165) is 0 Å². The van der Waals surface area contributed by atoms with Crippen LogP contribution in [0, 0.1) is 5.82 Å². The van der Waals surface area contributed by atoms with Crippen LogP contribution in [0.15, 0.2) is 24.3 Å². The summed E-state index contributed by atoms with van der Waals surface area (Å²) in [6.45, 7) is 0.774. The molecule has 0 spiro atoms. The standard InChI is InChI=1S/C12H16FNO4/c13-10-3-1-9(2-4-10)11(12(16)17)14-5-7-18-8-6-15/h1-4,11,14-15H,5-8H2,(H,16,17). The molecule has 1 aromatic carbocycles. The van der Waals surface area contributed by atoms with Crippen molar-refractivity contribution < 1.29 is 24.1 Å². The molecular formula is C12H16FNO4. The Morgan fingerprint density at radius 3 is 2.56 bits per heavy atom. The fourth-order valence-corrected chi connectivity index (χ4v) is 1.45. The number of hydrogen-bond acceptors (Lipinski definition) is 4.